The van der Waals surface area contributed by atoms with E-state index >= 15 is 0 Å². The molecular weight excluding hydrogens is 262 g/mol. The number of aromatic nitrogens is 2. The maximum atomic E-state index is 11.8. The summed E-state index contributed by atoms with van der Waals surface area (Å²) in [5.74, 6) is 0.595. The zero-order chi connectivity index (χ0) is 12.9. The first-order valence-corrected chi connectivity index (χ1v) is 7.44. The van der Waals surface area contributed by atoms with E-state index in [0.29, 0.717) is 12.4 Å². The molecule has 7 heteroatoms. The Bertz CT molecular complexity index is 428. The second kappa shape index (κ2) is 5.84. The average Bonchev–Trinajstić information content (AvgIpc) is 2.78. The molecule has 1 rings (SSSR count). The van der Waals surface area contributed by atoms with Gasteiger partial charge in [0.05, 0.1) is 6.20 Å². The fourth-order valence-corrected chi connectivity index (χ4v) is 2.67. The molecule has 0 unspecified atom stereocenters. The first-order valence-electron chi connectivity index (χ1n) is 5.42. The molecule has 0 spiro atoms. The number of aromatic amines is 1. The summed E-state index contributed by atoms with van der Waals surface area (Å²) in [6.07, 6.45) is 4.40. The van der Waals surface area contributed by atoms with Crippen molar-refractivity contribution in [3.05, 3.63) is 12.4 Å². The minimum Gasteiger partial charge on any atom is -0.284 e. The lowest BCUT2D eigenvalue weighted by Crippen LogP contribution is -2.34. The fraction of sp³-hybridized carbons (Fsp3) is 0.700. The molecule has 1 heterocycles. The Morgan fingerprint density at radius 2 is 2.24 bits per heavy atom. The van der Waals surface area contributed by atoms with Crippen LogP contribution in [-0.2, 0) is 10.0 Å². The second-order valence-electron chi connectivity index (χ2n) is 4.72. The molecule has 1 aromatic heterocycles. The van der Waals surface area contributed by atoms with Crippen molar-refractivity contribution in [1.29, 1.82) is 0 Å². The van der Waals surface area contributed by atoms with Crippen molar-refractivity contribution >= 4 is 21.6 Å². The van der Waals surface area contributed by atoms with Gasteiger partial charge in [-0.25, -0.2) is 13.1 Å². The predicted octanol–water partition coefficient (Wildman–Crippen LogP) is 1.73. The molecule has 17 heavy (non-hydrogen) atoms. The SMILES string of the molecule is CC(C)(CCCCl)CNS(=O)(=O)c1cn[nH]c1. The van der Waals surface area contributed by atoms with Crippen LogP contribution >= 0.6 is 11.6 Å². The van der Waals surface area contributed by atoms with E-state index in [0.717, 1.165) is 12.8 Å². The highest BCUT2D eigenvalue weighted by atomic mass is 35.5. The normalized spacial score (nSPS) is 12.9. The molecule has 0 aliphatic carbocycles. The van der Waals surface area contributed by atoms with Gasteiger partial charge in [0.2, 0.25) is 10.0 Å². The molecule has 0 radical (unpaired) electrons. The molecule has 0 fully saturated rings. The van der Waals surface area contributed by atoms with Gasteiger partial charge >= 0.3 is 0 Å². The molecule has 0 bridgehead atoms. The number of nitrogens with one attached hydrogen (secondary N) is 2. The largest absolute Gasteiger partial charge is 0.284 e. The van der Waals surface area contributed by atoms with Crippen LogP contribution in [0.1, 0.15) is 26.7 Å². The first-order chi connectivity index (χ1) is 7.87. The summed E-state index contributed by atoms with van der Waals surface area (Å²) < 4.78 is 26.2. The zero-order valence-electron chi connectivity index (χ0n) is 10.0. The Morgan fingerprint density at radius 1 is 1.53 bits per heavy atom. The predicted molar refractivity (Wildman–Crippen MR) is 67.5 cm³/mol. The highest BCUT2D eigenvalue weighted by Gasteiger charge is 2.22. The third-order valence-corrected chi connectivity index (χ3v) is 4.15. The standard InChI is InChI=1S/C10H18ClN3O2S/c1-10(2,4-3-5-11)8-14-17(15,16)9-6-12-13-7-9/h6-7,14H,3-5,8H2,1-2H3,(H,12,13). The van der Waals surface area contributed by atoms with Crippen molar-refractivity contribution < 1.29 is 8.42 Å². The number of hydrogen-bond acceptors (Lipinski definition) is 3. The number of nitrogens with zero attached hydrogens (tertiary/aromatic N) is 1. The van der Waals surface area contributed by atoms with Crippen LogP contribution in [0.2, 0.25) is 0 Å². The third-order valence-electron chi connectivity index (χ3n) is 2.51. The van der Waals surface area contributed by atoms with Gasteiger partial charge in [-0.1, -0.05) is 13.8 Å². The summed E-state index contributed by atoms with van der Waals surface area (Å²) in [5, 5.41) is 6.10. The monoisotopic (exact) mass is 279 g/mol. The number of alkyl halides is 1. The molecule has 0 saturated carbocycles. The van der Waals surface area contributed by atoms with E-state index in [1.54, 1.807) is 0 Å². The van der Waals surface area contributed by atoms with E-state index in [9.17, 15) is 8.42 Å². The molecule has 0 aromatic carbocycles. The van der Waals surface area contributed by atoms with Crippen LogP contribution in [-0.4, -0.2) is 31.0 Å². The van der Waals surface area contributed by atoms with E-state index in [1.165, 1.54) is 12.4 Å². The summed E-state index contributed by atoms with van der Waals surface area (Å²) >= 11 is 5.63. The Balaban J connectivity index is 2.56. The van der Waals surface area contributed by atoms with Gasteiger partial charge in [-0.3, -0.25) is 5.10 Å². The Hall–Kier alpha value is -0.590. The Morgan fingerprint density at radius 3 is 2.76 bits per heavy atom. The highest BCUT2D eigenvalue weighted by molar-refractivity contribution is 7.89. The van der Waals surface area contributed by atoms with Crippen LogP contribution in [0, 0.1) is 5.41 Å². The van der Waals surface area contributed by atoms with Gasteiger partial charge < -0.3 is 0 Å². The van der Waals surface area contributed by atoms with Crippen LogP contribution in [0.3, 0.4) is 0 Å². The molecule has 0 atom stereocenters. The van der Waals surface area contributed by atoms with Gasteiger partial charge in [0, 0.05) is 18.6 Å². The van der Waals surface area contributed by atoms with Gasteiger partial charge in [-0.15, -0.1) is 11.6 Å². The lowest BCUT2D eigenvalue weighted by Gasteiger charge is -2.24. The summed E-state index contributed by atoms with van der Waals surface area (Å²) in [5.41, 5.74) is -0.105. The molecule has 0 saturated heterocycles. The first kappa shape index (κ1) is 14.5. The molecule has 2 N–H and O–H groups in total. The van der Waals surface area contributed by atoms with E-state index in [4.69, 9.17) is 11.6 Å². The van der Waals surface area contributed by atoms with Crippen molar-refractivity contribution in [2.75, 3.05) is 12.4 Å². The van der Waals surface area contributed by atoms with E-state index in [1.807, 2.05) is 13.8 Å². The Kier molecular flexibility index (Phi) is 4.97. The van der Waals surface area contributed by atoms with Gasteiger partial charge in [-0.05, 0) is 18.3 Å². The molecule has 0 aliphatic heterocycles. The second-order valence-corrected chi connectivity index (χ2v) is 6.86. The summed E-state index contributed by atoms with van der Waals surface area (Å²) in [6, 6.07) is 0. The highest BCUT2D eigenvalue weighted by Crippen LogP contribution is 2.22. The van der Waals surface area contributed by atoms with Crippen LogP contribution in [0.4, 0.5) is 0 Å². The summed E-state index contributed by atoms with van der Waals surface area (Å²) in [7, 11) is -3.45. The maximum Gasteiger partial charge on any atom is 0.243 e. The smallest absolute Gasteiger partial charge is 0.243 e. The van der Waals surface area contributed by atoms with Crippen molar-refractivity contribution in [2.45, 2.75) is 31.6 Å². The van der Waals surface area contributed by atoms with Crippen molar-refractivity contribution in [3.63, 3.8) is 0 Å². The van der Waals surface area contributed by atoms with Crippen molar-refractivity contribution in [2.24, 2.45) is 5.41 Å². The topological polar surface area (TPSA) is 74.8 Å². The number of sulfonamides is 1. The molecule has 0 aliphatic rings. The van der Waals surface area contributed by atoms with E-state index in [2.05, 4.69) is 14.9 Å². The van der Waals surface area contributed by atoms with Crippen LogP contribution in [0.25, 0.3) is 0 Å². The van der Waals surface area contributed by atoms with Gasteiger partial charge in [-0.2, -0.15) is 5.10 Å². The molecule has 98 valence electrons. The summed E-state index contributed by atoms with van der Waals surface area (Å²) in [4.78, 5) is 0.158. The maximum absolute atomic E-state index is 11.8. The van der Waals surface area contributed by atoms with E-state index in [-0.39, 0.29) is 10.3 Å². The van der Waals surface area contributed by atoms with Gasteiger partial charge in [0.1, 0.15) is 4.90 Å². The van der Waals surface area contributed by atoms with E-state index < -0.39 is 10.0 Å². The number of hydrogen-bond donors (Lipinski definition) is 2. The van der Waals surface area contributed by atoms with Crippen LogP contribution in [0.5, 0.6) is 0 Å². The number of halogens is 1. The number of H-pyrrole nitrogens is 1. The van der Waals surface area contributed by atoms with Crippen molar-refractivity contribution in [3.8, 4) is 0 Å². The van der Waals surface area contributed by atoms with Gasteiger partial charge in [0.25, 0.3) is 0 Å². The number of rotatable bonds is 7. The van der Waals surface area contributed by atoms with Crippen molar-refractivity contribution in [1.82, 2.24) is 14.9 Å². The lowest BCUT2D eigenvalue weighted by molar-refractivity contribution is 0.331. The third kappa shape index (κ3) is 4.65. The minimum absolute atomic E-state index is 0.105. The Labute approximate surface area is 107 Å². The lowest BCUT2D eigenvalue weighted by atomic mass is 9.88. The fourth-order valence-electron chi connectivity index (χ4n) is 1.39. The molecule has 5 nitrogen and oxygen atoms in total. The van der Waals surface area contributed by atoms with Crippen LogP contribution < -0.4 is 4.72 Å². The summed E-state index contributed by atoms with van der Waals surface area (Å²) in [6.45, 7) is 4.41. The molecule has 0 amide bonds. The average molecular weight is 280 g/mol. The minimum atomic E-state index is -3.45. The molecular formula is C10H18ClN3O2S. The van der Waals surface area contributed by atoms with Gasteiger partial charge in [0.15, 0.2) is 0 Å². The zero-order valence-corrected chi connectivity index (χ0v) is 11.6. The van der Waals surface area contributed by atoms with Crippen LogP contribution in [0.15, 0.2) is 17.3 Å². The quantitative estimate of drug-likeness (QED) is 0.747. The molecule has 1 aromatic rings.